The van der Waals surface area contributed by atoms with Gasteiger partial charge in [0, 0.05) is 19.3 Å². The highest BCUT2D eigenvalue weighted by Crippen LogP contribution is 2.18. The Bertz CT molecular complexity index is 973. The third kappa shape index (κ3) is 3.50. The molecule has 8 heteroatoms. The summed E-state index contributed by atoms with van der Waals surface area (Å²) in [7, 11) is 0. The number of aromatic amines is 1. The van der Waals surface area contributed by atoms with Crippen molar-refractivity contribution in [1.29, 1.82) is 0 Å². The lowest BCUT2D eigenvalue weighted by Gasteiger charge is -2.31. The van der Waals surface area contributed by atoms with Crippen LogP contribution in [0.1, 0.15) is 18.7 Å². The van der Waals surface area contributed by atoms with Crippen molar-refractivity contribution in [2.45, 2.75) is 25.5 Å². The number of H-pyrrole nitrogens is 1. The van der Waals surface area contributed by atoms with Crippen molar-refractivity contribution in [2.75, 3.05) is 23.3 Å². The van der Waals surface area contributed by atoms with Crippen LogP contribution in [0, 0.1) is 0 Å². The van der Waals surface area contributed by atoms with Gasteiger partial charge in [-0.05, 0) is 31.0 Å². The third-order valence-electron chi connectivity index (χ3n) is 4.44. The van der Waals surface area contributed by atoms with Crippen LogP contribution in [-0.2, 0) is 6.54 Å². The Hall–Kier alpha value is -3.00. The van der Waals surface area contributed by atoms with E-state index in [0.29, 0.717) is 35.8 Å². The van der Waals surface area contributed by atoms with Gasteiger partial charge in [-0.3, -0.25) is 4.79 Å². The zero-order chi connectivity index (χ0) is 17.9. The second-order valence-corrected chi connectivity index (χ2v) is 6.36. The van der Waals surface area contributed by atoms with E-state index < -0.39 is 0 Å². The van der Waals surface area contributed by atoms with Gasteiger partial charge in [-0.2, -0.15) is 4.98 Å². The summed E-state index contributed by atoms with van der Waals surface area (Å²) in [4.78, 5) is 30.1. The lowest BCUT2D eigenvalue weighted by atomic mass is 10.1. The van der Waals surface area contributed by atoms with Gasteiger partial charge in [0.25, 0.3) is 5.56 Å². The molecule has 3 N–H and O–H groups in total. The van der Waals surface area contributed by atoms with Crippen molar-refractivity contribution >= 4 is 22.7 Å². The molecule has 1 aliphatic heterocycles. The highest BCUT2D eigenvalue weighted by Gasteiger charge is 2.19. The number of rotatable bonds is 4. The van der Waals surface area contributed by atoms with Crippen LogP contribution in [0.2, 0.25) is 0 Å². The number of aliphatic hydroxyl groups is 1. The van der Waals surface area contributed by atoms with Gasteiger partial charge in [0.2, 0.25) is 5.95 Å². The lowest BCUT2D eigenvalue weighted by Crippen LogP contribution is -2.38. The van der Waals surface area contributed by atoms with Gasteiger partial charge >= 0.3 is 0 Å². The zero-order valence-electron chi connectivity index (χ0n) is 14.2. The second-order valence-electron chi connectivity index (χ2n) is 6.36. The van der Waals surface area contributed by atoms with Crippen LogP contribution < -0.4 is 15.8 Å². The summed E-state index contributed by atoms with van der Waals surface area (Å²) in [6, 6.07) is 9.06. The van der Waals surface area contributed by atoms with E-state index in [1.54, 1.807) is 12.3 Å². The van der Waals surface area contributed by atoms with Gasteiger partial charge in [-0.15, -0.1) is 0 Å². The molecule has 3 aromatic rings. The molecule has 4 rings (SSSR count). The molecule has 26 heavy (non-hydrogen) atoms. The largest absolute Gasteiger partial charge is 0.391 e. The van der Waals surface area contributed by atoms with E-state index in [-0.39, 0.29) is 11.7 Å². The van der Waals surface area contributed by atoms with Crippen molar-refractivity contribution in [3.63, 3.8) is 0 Å². The Balaban J connectivity index is 1.50. The van der Waals surface area contributed by atoms with E-state index in [1.807, 2.05) is 24.3 Å². The van der Waals surface area contributed by atoms with Gasteiger partial charge in [0.05, 0.1) is 23.6 Å². The van der Waals surface area contributed by atoms with Crippen LogP contribution in [0.4, 0.5) is 11.8 Å². The normalized spacial score (nSPS) is 17.4. The molecule has 134 valence electrons. The summed E-state index contributed by atoms with van der Waals surface area (Å²) in [5.41, 5.74) is 0.495. The maximum atomic E-state index is 12.1. The number of nitrogens with zero attached hydrogens (tertiary/aromatic N) is 4. The maximum absolute atomic E-state index is 12.1. The molecule has 1 aromatic carbocycles. The first-order valence-electron chi connectivity index (χ1n) is 8.67. The van der Waals surface area contributed by atoms with Crippen molar-refractivity contribution < 1.29 is 5.11 Å². The molecule has 1 aliphatic rings. The average Bonchev–Trinajstić information content (AvgIpc) is 2.67. The van der Waals surface area contributed by atoms with Crippen molar-refractivity contribution in [2.24, 2.45) is 0 Å². The number of fused-ring (bicyclic) bond motifs is 1. The van der Waals surface area contributed by atoms with Gasteiger partial charge < -0.3 is 20.3 Å². The number of aliphatic hydroxyl groups excluding tert-OH is 1. The highest BCUT2D eigenvalue weighted by atomic mass is 16.3. The summed E-state index contributed by atoms with van der Waals surface area (Å²) in [6.45, 7) is 1.76. The molecule has 1 fully saturated rings. The Morgan fingerprint density at radius 2 is 2.15 bits per heavy atom. The van der Waals surface area contributed by atoms with Gasteiger partial charge in [0.1, 0.15) is 11.6 Å². The SMILES string of the molecule is O=c1[nH]c(CNc2nccc(N3CCCC(O)C3)n2)nc2ccccc12. The van der Waals surface area contributed by atoms with E-state index in [0.717, 1.165) is 25.2 Å². The highest BCUT2D eigenvalue weighted by molar-refractivity contribution is 5.77. The topological polar surface area (TPSA) is 107 Å². The zero-order valence-corrected chi connectivity index (χ0v) is 14.2. The van der Waals surface area contributed by atoms with E-state index in [9.17, 15) is 9.90 Å². The van der Waals surface area contributed by atoms with Gasteiger partial charge in [-0.25, -0.2) is 9.97 Å². The van der Waals surface area contributed by atoms with Crippen LogP contribution in [0.15, 0.2) is 41.3 Å². The summed E-state index contributed by atoms with van der Waals surface area (Å²) >= 11 is 0. The number of hydrogen-bond acceptors (Lipinski definition) is 7. The van der Waals surface area contributed by atoms with E-state index in [4.69, 9.17) is 0 Å². The van der Waals surface area contributed by atoms with Crippen molar-refractivity contribution in [3.05, 3.63) is 52.7 Å². The minimum atomic E-state index is -0.318. The summed E-state index contributed by atoms with van der Waals surface area (Å²) in [5.74, 6) is 1.76. The predicted octanol–water partition coefficient (Wildman–Crippen LogP) is 1.29. The van der Waals surface area contributed by atoms with Crippen molar-refractivity contribution in [3.8, 4) is 0 Å². The Kier molecular flexibility index (Phi) is 4.49. The second kappa shape index (κ2) is 7.09. The standard InChI is InChI=1S/C18H20N6O2/c25-12-4-3-9-24(11-12)16-7-8-19-18(23-16)20-10-15-21-14-6-2-1-5-13(14)17(26)22-15/h1-2,5-8,12,25H,3-4,9-11H2,(H,19,20,23)(H,21,22,26). The fourth-order valence-corrected chi connectivity index (χ4v) is 3.15. The monoisotopic (exact) mass is 352 g/mol. The molecular weight excluding hydrogens is 332 g/mol. The fourth-order valence-electron chi connectivity index (χ4n) is 3.15. The molecule has 0 bridgehead atoms. The van der Waals surface area contributed by atoms with Gasteiger partial charge in [-0.1, -0.05) is 12.1 Å². The molecule has 1 atom stereocenters. The number of aromatic nitrogens is 4. The van der Waals surface area contributed by atoms with E-state index >= 15 is 0 Å². The number of β-amino-alcohol motifs (C(OH)–C–C–N with tert-alkyl or cyclic N) is 1. The number of para-hydroxylation sites is 1. The molecule has 0 radical (unpaired) electrons. The summed E-state index contributed by atoms with van der Waals surface area (Å²) in [5, 5.41) is 13.5. The molecule has 0 saturated carbocycles. The maximum Gasteiger partial charge on any atom is 0.258 e. The lowest BCUT2D eigenvalue weighted by molar-refractivity contribution is 0.154. The van der Waals surface area contributed by atoms with Gasteiger partial charge in [0.15, 0.2) is 0 Å². The number of anilines is 2. The van der Waals surface area contributed by atoms with Crippen molar-refractivity contribution in [1.82, 2.24) is 19.9 Å². The van der Waals surface area contributed by atoms with Crippen LogP contribution in [0.25, 0.3) is 10.9 Å². The molecule has 0 spiro atoms. The predicted molar refractivity (Wildman–Crippen MR) is 99.2 cm³/mol. The summed E-state index contributed by atoms with van der Waals surface area (Å²) in [6.07, 6.45) is 3.13. The molecule has 3 heterocycles. The Labute approximate surface area is 149 Å². The van der Waals surface area contributed by atoms with Crippen LogP contribution in [0.5, 0.6) is 0 Å². The Morgan fingerprint density at radius 3 is 3.04 bits per heavy atom. The van der Waals surface area contributed by atoms with Crippen LogP contribution in [0.3, 0.4) is 0 Å². The Morgan fingerprint density at radius 1 is 1.27 bits per heavy atom. The number of piperidine rings is 1. The number of benzene rings is 1. The average molecular weight is 352 g/mol. The van der Waals surface area contributed by atoms with E-state index in [2.05, 4.69) is 30.2 Å². The molecule has 1 saturated heterocycles. The van der Waals surface area contributed by atoms with Crippen LogP contribution >= 0.6 is 0 Å². The van der Waals surface area contributed by atoms with Crippen LogP contribution in [-0.4, -0.2) is 44.2 Å². The first-order chi connectivity index (χ1) is 12.7. The fraction of sp³-hybridized carbons (Fsp3) is 0.333. The molecule has 2 aromatic heterocycles. The summed E-state index contributed by atoms with van der Waals surface area (Å²) < 4.78 is 0. The quantitative estimate of drug-likeness (QED) is 0.649. The molecule has 1 unspecified atom stereocenters. The molecular formula is C18H20N6O2. The first kappa shape index (κ1) is 16.5. The molecule has 8 nitrogen and oxygen atoms in total. The number of hydrogen-bond donors (Lipinski definition) is 3. The smallest absolute Gasteiger partial charge is 0.258 e. The molecule has 0 amide bonds. The number of nitrogens with one attached hydrogen (secondary N) is 2. The third-order valence-corrected chi connectivity index (χ3v) is 4.44. The minimum Gasteiger partial charge on any atom is -0.391 e. The minimum absolute atomic E-state index is 0.163. The molecule has 0 aliphatic carbocycles. The van der Waals surface area contributed by atoms with E-state index in [1.165, 1.54) is 0 Å². The first-order valence-corrected chi connectivity index (χ1v) is 8.67.